The van der Waals surface area contributed by atoms with Crippen LogP contribution >= 0.6 is 0 Å². The van der Waals surface area contributed by atoms with Crippen LogP contribution < -0.4 is 0 Å². The van der Waals surface area contributed by atoms with Gasteiger partial charge >= 0.3 is 6.09 Å². The van der Waals surface area contributed by atoms with Crippen molar-refractivity contribution < 1.29 is 14.3 Å². The lowest BCUT2D eigenvalue weighted by Gasteiger charge is -2.33. The Bertz CT molecular complexity index is 383. The molecule has 0 N–H and O–H groups in total. The highest BCUT2D eigenvalue weighted by Crippen LogP contribution is 2.28. The Labute approximate surface area is 109 Å². The van der Waals surface area contributed by atoms with Gasteiger partial charge < -0.3 is 4.74 Å². The smallest absolute Gasteiger partial charge is 0.410 e. The van der Waals surface area contributed by atoms with Gasteiger partial charge in [0.25, 0.3) is 0 Å². The second-order valence-electron chi connectivity index (χ2n) is 6.72. The Hall–Kier alpha value is -1.32. The first kappa shape index (κ1) is 14.7. The van der Waals surface area contributed by atoms with Gasteiger partial charge in [-0.1, -0.05) is 20.8 Å². The average Bonchev–Trinajstić information content (AvgIpc) is 2.12. The van der Waals surface area contributed by atoms with Crippen LogP contribution in [0.3, 0.4) is 0 Å². The highest BCUT2D eigenvalue weighted by atomic mass is 16.6. The molecule has 0 aromatic rings. The molecule has 0 unspecified atom stereocenters. The van der Waals surface area contributed by atoms with Crippen LogP contribution in [-0.4, -0.2) is 35.5 Å². The van der Waals surface area contributed by atoms with Gasteiger partial charge in [0.05, 0.1) is 6.54 Å². The van der Waals surface area contributed by atoms with Gasteiger partial charge in [-0.3, -0.25) is 9.69 Å². The van der Waals surface area contributed by atoms with Crippen molar-refractivity contribution in [2.45, 2.75) is 47.1 Å². The predicted molar refractivity (Wildman–Crippen MR) is 70.4 cm³/mol. The average molecular weight is 253 g/mol. The molecule has 4 heteroatoms. The molecule has 0 radical (unpaired) electrons. The van der Waals surface area contributed by atoms with E-state index in [0.29, 0.717) is 6.54 Å². The van der Waals surface area contributed by atoms with E-state index in [0.717, 1.165) is 5.57 Å². The maximum atomic E-state index is 12.0. The van der Waals surface area contributed by atoms with Crippen molar-refractivity contribution >= 4 is 11.9 Å². The first-order valence-corrected chi connectivity index (χ1v) is 6.21. The summed E-state index contributed by atoms with van der Waals surface area (Å²) in [6, 6.07) is 0. The third-order valence-corrected chi connectivity index (χ3v) is 2.66. The highest BCUT2D eigenvalue weighted by Gasteiger charge is 2.30. The zero-order valence-electron chi connectivity index (χ0n) is 12.2. The molecule has 0 bridgehead atoms. The lowest BCUT2D eigenvalue weighted by Crippen LogP contribution is -2.44. The molecular formula is C14H23NO3. The van der Waals surface area contributed by atoms with Crippen LogP contribution in [0.2, 0.25) is 0 Å². The normalized spacial score (nSPS) is 17.6. The number of carbonyl (C=O) groups is 2. The summed E-state index contributed by atoms with van der Waals surface area (Å²) in [5.41, 5.74) is 0.309. The van der Waals surface area contributed by atoms with Crippen LogP contribution in [0, 0.1) is 5.41 Å². The summed E-state index contributed by atoms with van der Waals surface area (Å²) in [5, 5.41) is 0. The third-order valence-electron chi connectivity index (χ3n) is 2.66. The van der Waals surface area contributed by atoms with Crippen LogP contribution in [0.25, 0.3) is 0 Å². The molecule has 0 saturated carbocycles. The molecular weight excluding hydrogens is 230 g/mol. The molecule has 1 heterocycles. The zero-order valence-corrected chi connectivity index (χ0v) is 12.2. The molecule has 102 valence electrons. The molecule has 0 aliphatic carbocycles. The number of carbonyl (C=O) groups excluding carboxylic acids is 2. The number of ether oxygens (including phenoxy) is 1. The lowest BCUT2D eigenvalue weighted by molar-refractivity contribution is -0.116. The fourth-order valence-corrected chi connectivity index (χ4v) is 1.64. The van der Waals surface area contributed by atoms with Gasteiger partial charge in [0.2, 0.25) is 0 Å². The number of ketones is 1. The molecule has 0 atom stereocenters. The second-order valence-corrected chi connectivity index (χ2v) is 6.72. The maximum Gasteiger partial charge on any atom is 0.410 e. The summed E-state index contributed by atoms with van der Waals surface area (Å²) < 4.78 is 5.29. The van der Waals surface area contributed by atoms with Crippen molar-refractivity contribution in [3.05, 3.63) is 11.6 Å². The van der Waals surface area contributed by atoms with Crippen molar-refractivity contribution in [1.29, 1.82) is 0 Å². The Morgan fingerprint density at radius 2 is 1.72 bits per heavy atom. The first-order valence-electron chi connectivity index (χ1n) is 6.21. The summed E-state index contributed by atoms with van der Waals surface area (Å²) in [4.78, 5) is 25.1. The van der Waals surface area contributed by atoms with Crippen molar-refractivity contribution in [1.82, 2.24) is 4.90 Å². The molecule has 0 aromatic heterocycles. The topological polar surface area (TPSA) is 46.6 Å². The number of hydrogen-bond donors (Lipinski definition) is 0. The van der Waals surface area contributed by atoms with Crippen LogP contribution in [-0.2, 0) is 9.53 Å². The monoisotopic (exact) mass is 253 g/mol. The Morgan fingerprint density at radius 1 is 1.17 bits per heavy atom. The van der Waals surface area contributed by atoms with E-state index in [9.17, 15) is 9.59 Å². The van der Waals surface area contributed by atoms with Crippen LogP contribution in [0.15, 0.2) is 11.6 Å². The molecule has 1 amide bonds. The quantitative estimate of drug-likeness (QED) is 0.667. The molecule has 0 saturated heterocycles. The molecule has 0 spiro atoms. The number of hydrogen-bond acceptors (Lipinski definition) is 3. The minimum atomic E-state index is -0.539. The third kappa shape index (κ3) is 4.17. The summed E-state index contributed by atoms with van der Waals surface area (Å²) in [6.45, 7) is 12.1. The van der Waals surface area contributed by atoms with E-state index in [4.69, 9.17) is 4.74 Å². The summed E-state index contributed by atoms with van der Waals surface area (Å²) >= 11 is 0. The fraction of sp³-hybridized carbons (Fsp3) is 0.714. The standard InChI is InChI=1S/C14H23NO3/c1-13(2,3)10-7-11(16)9-15(8-10)12(17)18-14(4,5)6/h7H,8-9H2,1-6H3. The van der Waals surface area contributed by atoms with Crippen molar-refractivity contribution in [3.8, 4) is 0 Å². The van der Waals surface area contributed by atoms with Gasteiger partial charge in [0, 0.05) is 6.54 Å². The van der Waals surface area contributed by atoms with Crippen LogP contribution in [0.4, 0.5) is 4.79 Å². The maximum absolute atomic E-state index is 12.0. The number of amides is 1. The molecule has 0 fully saturated rings. The van der Waals surface area contributed by atoms with Gasteiger partial charge in [-0.05, 0) is 37.8 Å². The van der Waals surface area contributed by atoms with Gasteiger partial charge in [0.1, 0.15) is 5.60 Å². The molecule has 18 heavy (non-hydrogen) atoms. The molecule has 1 rings (SSSR count). The van der Waals surface area contributed by atoms with E-state index >= 15 is 0 Å². The van der Waals surface area contributed by atoms with Gasteiger partial charge in [-0.2, -0.15) is 0 Å². The van der Waals surface area contributed by atoms with Crippen molar-refractivity contribution in [2.24, 2.45) is 5.41 Å². The molecule has 0 aromatic carbocycles. The summed E-state index contributed by atoms with van der Waals surface area (Å²) in [7, 11) is 0. The van der Waals surface area contributed by atoms with E-state index in [2.05, 4.69) is 0 Å². The number of rotatable bonds is 0. The van der Waals surface area contributed by atoms with E-state index in [-0.39, 0.29) is 17.7 Å². The molecule has 1 aliphatic heterocycles. The van der Waals surface area contributed by atoms with Crippen molar-refractivity contribution in [3.63, 3.8) is 0 Å². The molecule has 1 aliphatic rings. The SMILES string of the molecule is CC(C)(C)OC(=O)N1CC(=O)C=C(C(C)(C)C)C1. The second kappa shape index (κ2) is 4.75. The Kier molecular flexibility index (Phi) is 3.89. The van der Waals surface area contributed by atoms with Gasteiger partial charge in [-0.25, -0.2) is 4.79 Å². The zero-order chi connectivity index (χ0) is 14.1. The largest absolute Gasteiger partial charge is 0.444 e. The van der Waals surface area contributed by atoms with Gasteiger partial charge in [0.15, 0.2) is 5.78 Å². The van der Waals surface area contributed by atoms with E-state index in [1.807, 2.05) is 41.5 Å². The minimum absolute atomic E-state index is 0.0444. The summed E-state index contributed by atoms with van der Waals surface area (Å²) in [5.74, 6) is -0.0444. The fourth-order valence-electron chi connectivity index (χ4n) is 1.64. The Balaban J connectivity index is 2.81. The molecule has 4 nitrogen and oxygen atoms in total. The van der Waals surface area contributed by atoms with E-state index < -0.39 is 11.7 Å². The predicted octanol–water partition coefficient (Wildman–Crippen LogP) is 2.78. The highest BCUT2D eigenvalue weighted by molar-refractivity contribution is 5.95. The van der Waals surface area contributed by atoms with Gasteiger partial charge in [-0.15, -0.1) is 0 Å². The van der Waals surface area contributed by atoms with Crippen LogP contribution in [0.1, 0.15) is 41.5 Å². The summed E-state index contributed by atoms with van der Waals surface area (Å²) in [6.07, 6.45) is 1.23. The first-order chi connectivity index (χ1) is 7.99. The Morgan fingerprint density at radius 3 is 2.17 bits per heavy atom. The van der Waals surface area contributed by atoms with E-state index in [1.165, 1.54) is 4.90 Å². The van der Waals surface area contributed by atoms with Crippen molar-refractivity contribution in [2.75, 3.05) is 13.1 Å². The van der Waals surface area contributed by atoms with Crippen LogP contribution in [0.5, 0.6) is 0 Å². The lowest BCUT2D eigenvalue weighted by atomic mass is 9.84. The number of nitrogens with zero attached hydrogens (tertiary/aromatic N) is 1. The van der Waals surface area contributed by atoms with E-state index in [1.54, 1.807) is 6.08 Å². The minimum Gasteiger partial charge on any atom is -0.444 e.